The molecule has 1 aliphatic heterocycles. The molecule has 2 aromatic rings. The van der Waals surface area contributed by atoms with Crippen molar-refractivity contribution < 1.29 is 14.3 Å². The van der Waals surface area contributed by atoms with Crippen LogP contribution in [-0.4, -0.2) is 52.8 Å². The van der Waals surface area contributed by atoms with Gasteiger partial charge in [0.05, 0.1) is 31.3 Å². The third-order valence-electron chi connectivity index (χ3n) is 5.97. The number of methoxy groups -OCH3 is 1. The minimum atomic E-state index is -0.0718. The smallest absolute Gasteiger partial charge is 0.272 e. The lowest BCUT2D eigenvalue weighted by molar-refractivity contribution is 0.0705. The van der Waals surface area contributed by atoms with Crippen LogP contribution >= 0.6 is 0 Å². The Morgan fingerprint density at radius 1 is 1.21 bits per heavy atom. The van der Waals surface area contributed by atoms with Crippen LogP contribution in [0.15, 0.2) is 24.4 Å². The van der Waals surface area contributed by atoms with Crippen molar-refractivity contribution >= 4 is 5.91 Å². The summed E-state index contributed by atoms with van der Waals surface area (Å²) in [5, 5.41) is 8.46. The molecular formula is C22H28N4O3. The van der Waals surface area contributed by atoms with Crippen LogP contribution in [0.25, 0.3) is 0 Å². The van der Waals surface area contributed by atoms with Crippen LogP contribution < -0.4 is 9.47 Å². The number of carbonyl (C=O) groups excluding carboxylic acids is 1. The van der Waals surface area contributed by atoms with Gasteiger partial charge < -0.3 is 14.4 Å². The predicted octanol–water partition coefficient (Wildman–Crippen LogP) is 3.39. The maximum Gasteiger partial charge on any atom is 0.272 e. The summed E-state index contributed by atoms with van der Waals surface area (Å²) in [6, 6.07) is 5.71. The Labute approximate surface area is 171 Å². The van der Waals surface area contributed by atoms with Gasteiger partial charge in [-0.3, -0.25) is 4.79 Å². The fourth-order valence-electron chi connectivity index (χ4n) is 3.59. The van der Waals surface area contributed by atoms with Crippen molar-refractivity contribution in [2.75, 3.05) is 26.8 Å². The van der Waals surface area contributed by atoms with Crippen molar-refractivity contribution in [3.8, 4) is 11.5 Å². The third kappa shape index (κ3) is 4.49. The third-order valence-corrected chi connectivity index (χ3v) is 5.97. The summed E-state index contributed by atoms with van der Waals surface area (Å²) in [6.07, 6.45) is 5.72. The van der Waals surface area contributed by atoms with Crippen LogP contribution in [-0.2, 0) is 0 Å². The van der Waals surface area contributed by atoms with Gasteiger partial charge in [0, 0.05) is 30.5 Å². The van der Waals surface area contributed by atoms with Gasteiger partial charge >= 0.3 is 0 Å². The van der Waals surface area contributed by atoms with Crippen molar-refractivity contribution in [2.24, 2.45) is 5.41 Å². The second kappa shape index (κ2) is 7.97. The van der Waals surface area contributed by atoms with Gasteiger partial charge in [-0.2, -0.15) is 10.2 Å². The highest BCUT2D eigenvalue weighted by Gasteiger charge is 2.38. The Hall–Kier alpha value is -2.70. The molecular weight excluding hydrogens is 368 g/mol. The number of hydrogen-bond acceptors (Lipinski definition) is 6. The molecule has 3 heterocycles. The Kier molecular flexibility index (Phi) is 5.39. The van der Waals surface area contributed by atoms with Crippen LogP contribution in [0.5, 0.6) is 11.5 Å². The maximum absolute atomic E-state index is 12.9. The number of hydrogen-bond donors (Lipinski definition) is 0. The SMILES string of the molecule is COc1cc(C(=O)N2CCC(c3ccc(C)nn3)CC2)ncc1OCC1(C)CC1. The molecule has 0 unspecified atom stereocenters. The van der Waals surface area contributed by atoms with Gasteiger partial charge in [0.2, 0.25) is 0 Å². The number of aromatic nitrogens is 3. The summed E-state index contributed by atoms with van der Waals surface area (Å²) in [5.41, 5.74) is 2.58. The number of likely N-dealkylation sites (tertiary alicyclic amines) is 1. The number of nitrogens with zero attached hydrogens (tertiary/aromatic N) is 4. The van der Waals surface area contributed by atoms with E-state index >= 15 is 0 Å². The lowest BCUT2D eigenvalue weighted by Gasteiger charge is -2.31. The second-order valence-corrected chi connectivity index (χ2v) is 8.49. The summed E-state index contributed by atoms with van der Waals surface area (Å²) >= 11 is 0. The van der Waals surface area contributed by atoms with E-state index in [2.05, 4.69) is 22.1 Å². The first-order chi connectivity index (χ1) is 14.0. The molecule has 4 rings (SSSR count). The summed E-state index contributed by atoms with van der Waals surface area (Å²) in [7, 11) is 1.59. The first kappa shape index (κ1) is 19.6. The molecule has 2 fully saturated rings. The molecule has 0 atom stereocenters. The largest absolute Gasteiger partial charge is 0.493 e. The number of ether oxygens (including phenoxy) is 2. The maximum atomic E-state index is 12.9. The molecule has 0 radical (unpaired) electrons. The molecule has 0 N–H and O–H groups in total. The average molecular weight is 396 g/mol. The predicted molar refractivity (Wildman–Crippen MR) is 108 cm³/mol. The van der Waals surface area contributed by atoms with Gasteiger partial charge in [-0.1, -0.05) is 6.92 Å². The number of rotatable bonds is 6. The molecule has 7 heteroatoms. The molecule has 0 spiro atoms. The van der Waals surface area contributed by atoms with Crippen molar-refractivity contribution in [1.29, 1.82) is 0 Å². The summed E-state index contributed by atoms with van der Waals surface area (Å²) in [6.45, 7) is 6.14. The van der Waals surface area contributed by atoms with Crippen LogP contribution in [0.1, 0.15) is 60.4 Å². The lowest BCUT2D eigenvalue weighted by Crippen LogP contribution is -2.38. The van der Waals surface area contributed by atoms with E-state index in [-0.39, 0.29) is 11.3 Å². The van der Waals surface area contributed by atoms with E-state index in [4.69, 9.17) is 9.47 Å². The number of amides is 1. The molecule has 2 aliphatic rings. The number of aryl methyl sites for hydroxylation is 1. The Bertz CT molecular complexity index is 872. The van der Waals surface area contributed by atoms with Crippen molar-refractivity contribution in [2.45, 2.75) is 45.4 Å². The molecule has 7 nitrogen and oxygen atoms in total. The number of carbonyl (C=O) groups is 1. The quantitative estimate of drug-likeness (QED) is 0.745. The highest BCUT2D eigenvalue weighted by Crippen LogP contribution is 2.45. The van der Waals surface area contributed by atoms with Gasteiger partial charge in [-0.25, -0.2) is 4.98 Å². The molecule has 1 aliphatic carbocycles. The van der Waals surface area contributed by atoms with E-state index < -0.39 is 0 Å². The molecule has 0 bridgehead atoms. The number of pyridine rings is 1. The van der Waals surface area contributed by atoms with E-state index in [0.717, 1.165) is 24.2 Å². The first-order valence-corrected chi connectivity index (χ1v) is 10.2. The zero-order valence-corrected chi connectivity index (χ0v) is 17.4. The Balaban J connectivity index is 1.38. The molecule has 154 valence electrons. The molecule has 1 saturated carbocycles. The average Bonchev–Trinajstić information content (AvgIpc) is 3.50. The van der Waals surface area contributed by atoms with E-state index in [0.29, 0.717) is 42.8 Å². The molecule has 1 amide bonds. The van der Waals surface area contributed by atoms with Gasteiger partial charge in [0.1, 0.15) is 5.69 Å². The zero-order chi connectivity index (χ0) is 20.4. The normalized spacial score (nSPS) is 18.4. The fourth-order valence-corrected chi connectivity index (χ4v) is 3.59. The van der Waals surface area contributed by atoms with Gasteiger partial charge in [-0.05, 0) is 44.7 Å². The molecule has 1 saturated heterocycles. The van der Waals surface area contributed by atoms with Gasteiger partial charge in [0.15, 0.2) is 11.5 Å². The van der Waals surface area contributed by atoms with Crippen LogP contribution in [0, 0.1) is 12.3 Å². The van der Waals surface area contributed by atoms with Gasteiger partial charge in [0.25, 0.3) is 5.91 Å². The second-order valence-electron chi connectivity index (χ2n) is 8.49. The van der Waals surface area contributed by atoms with Crippen molar-refractivity contribution in [3.63, 3.8) is 0 Å². The Morgan fingerprint density at radius 2 is 1.97 bits per heavy atom. The standard InChI is InChI=1S/C22H28N4O3/c1-15-4-5-17(25-24-15)16-6-10-26(11-7-16)21(27)18-12-19(28-3)20(13-23-18)29-14-22(2)8-9-22/h4-5,12-13,16H,6-11,14H2,1-3H3. The summed E-state index contributed by atoms with van der Waals surface area (Å²) in [4.78, 5) is 19.1. The van der Waals surface area contributed by atoms with E-state index in [1.807, 2.05) is 24.0 Å². The molecule has 2 aromatic heterocycles. The van der Waals surface area contributed by atoms with E-state index in [1.54, 1.807) is 19.4 Å². The topological polar surface area (TPSA) is 77.4 Å². The van der Waals surface area contributed by atoms with E-state index in [9.17, 15) is 4.79 Å². The zero-order valence-electron chi connectivity index (χ0n) is 17.4. The fraction of sp³-hybridized carbons (Fsp3) is 0.545. The Morgan fingerprint density at radius 3 is 2.59 bits per heavy atom. The minimum Gasteiger partial charge on any atom is -0.493 e. The monoisotopic (exact) mass is 396 g/mol. The minimum absolute atomic E-state index is 0.0718. The van der Waals surface area contributed by atoms with Crippen molar-refractivity contribution in [3.05, 3.63) is 41.5 Å². The highest BCUT2D eigenvalue weighted by atomic mass is 16.5. The summed E-state index contributed by atoms with van der Waals surface area (Å²) < 4.78 is 11.3. The highest BCUT2D eigenvalue weighted by molar-refractivity contribution is 5.93. The summed E-state index contributed by atoms with van der Waals surface area (Å²) in [5.74, 6) is 1.41. The first-order valence-electron chi connectivity index (χ1n) is 10.2. The molecule has 29 heavy (non-hydrogen) atoms. The van der Waals surface area contributed by atoms with Crippen molar-refractivity contribution in [1.82, 2.24) is 20.1 Å². The number of piperidine rings is 1. The van der Waals surface area contributed by atoms with Crippen LogP contribution in [0.3, 0.4) is 0 Å². The molecule has 0 aromatic carbocycles. The van der Waals surface area contributed by atoms with Crippen LogP contribution in [0.4, 0.5) is 0 Å². The lowest BCUT2D eigenvalue weighted by atomic mass is 9.93. The van der Waals surface area contributed by atoms with E-state index in [1.165, 1.54) is 12.8 Å². The van der Waals surface area contributed by atoms with Crippen LogP contribution in [0.2, 0.25) is 0 Å². The van der Waals surface area contributed by atoms with Gasteiger partial charge in [-0.15, -0.1) is 0 Å².